The molecule has 8 nitrogen and oxygen atoms in total. The van der Waals surface area contributed by atoms with Gasteiger partial charge in [0.2, 0.25) is 5.91 Å². The second kappa shape index (κ2) is 7.57. The fraction of sp³-hybridized carbons (Fsp3) is 0.467. The highest BCUT2D eigenvalue weighted by Crippen LogP contribution is 2.26. The van der Waals surface area contributed by atoms with Crippen molar-refractivity contribution in [2.75, 3.05) is 11.9 Å². The highest BCUT2D eigenvalue weighted by atomic mass is 16.6. The van der Waals surface area contributed by atoms with E-state index in [4.69, 9.17) is 5.11 Å². The van der Waals surface area contributed by atoms with Gasteiger partial charge in [0, 0.05) is 25.1 Å². The number of nitro groups is 1. The van der Waals surface area contributed by atoms with Gasteiger partial charge in [-0.25, -0.2) is 0 Å². The third kappa shape index (κ3) is 4.41. The van der Waals surface area contributed by atoms with E-state index >= 15 is 0 Å². The zero-order valence-electron chi connectivity index (χ0n) is 12.5. The minimum absolute atomic E-state index is 0.0466. The molecule has 3 N–H and O–H groups in total. The highest BCUT2D eigenvalue weighted by Gasteiger charge is 2.33. The van der Waals surface area contributed by atoms with E-state index in [9.17, 15) is 19.7 Å². The molecule has 0 unspecified atom stereocenters. The highest BCUT2D eigenvalue weighted by molar-refractivity contribution is 5.79. The summed E-state index contributed by atoms with van der Waals surface area (Å²) in [5.41, 5.74) is 0.309. The maximum atomic E-state index is 11.9. The van der Waals surface area contributed by atoms with Gasteiger partial charge >= 0.3 is 5.97 Å². The standard InChI is InChI=1S/C15H19N3O5/c19-14(17-11-6-3-4-10(11)15(20)21)8-9-16-12-5-1-2-7-13(12)18(22)23/h1-2,5,7,10-11,16H,3-4,6,8-9H2,(H,17,19)(H,20,21)/t10-,11+/m1/s1. The number of nitro benzene ring substituents is 1. The Kier molecular flexibility index (Phi) is 5.51. The summed E-state index contributed by atoms with van der Waals surface area (Å²) in [5, 5.41) is 25.6. The zero-order chi connectivity index (χ0) is 16.8. The van der Waals surface area contributed by atoms with Crippen molar-refractivity contribution < 1.29 is 19.6 Å². The average Bonchev–Trinajstić information content (AvgIpc) is 2.95. The van der Waals surface area contributed by atoms with Crippen molar-refractivity contribution in [2.45, 2.75) is 31.7 Å². The predicted octanol–water partition coefficient (Wildman–Crippen LogP) is 1.77. The minimum Gasteiger partial charge on any atom is -0.481 e. The first-order chi connectivity index (χ1) is 11.0. The molecule has 0 radical (unpaired) electrons. The number of nitrogens with zero attached hydrogens (tertiary/aromatic N) is 1. The Morgan fingerprint density at radius 1 is 1.30 bits per heavy atom. The number of nitrogens with one attached hydrogen (secondary N) is 2. The van der Waals surface area contributed by atoms with E-state index in [1.165, 1.54) is 6.07 Å². The molecule has 1 aliphatic carbocycles. The molecule has 1 aliphatic rings. The Morgan fingerprint density at radius 3 is 2.74 bits per heavy atom. The zero-order valence-corrected chi connectivity index (χ0v) is 12.5. The van der Waals surface area contributed by atoms with Gasteiger partial charge in [0.25, 0.3) is 5.69 Å². The number of benzene rings is 1. The van der Waals surface area contributed by atoms with Crippen LogP contribution in [0.25, 0.3) is 0 Å². The van der Waals surface area contributed by atoms with Crippen molar-refractivity contribution in [3.63, 3.8) is 0 Å². The number of carboxylic acid groups (broad SMARTS) is 1. The summed E-state index contributed by atoms with van der Waals surface area (Å²) >= 11 is 0. The number of carbonyl (C=O) groups is 2. The van der Waals surface area contributed by atoms with Crippen LogP contribution in [0, 0.1) is 16.0 Å². The number of carbonyl (C=O) groups excluding carboxylic acids is 1. The molecule has 23 heavy (non-hydrogen) atoms. The summed E-state index contributed by atoms with van der Waals surface area (Å²) in [4.78, 5) is 33.4. The molecular weight excluding hydrogens is 302 g/mol. The molecule has 1 aromatic carbocycles. The lowest BCUT2D eigenvalue weighted by atomic mass is 10.0. The van der Waals surface area contributed by atoms with Gasteiger partial charge in [-0.1, -0.05) is 18.6 Å². The van der Waals surface area contributed by atoms with Crippen LogP contribution in [0.5, 0.6) is 0 Å². The Labute approximate surface area is 133 Å². The van der Waals surface area contributed by atoms with Gasteiger partial charge < -0.3 is 15.7 Å². The molecule has 1 aromatic rings. The number of aliphatic carboxylic acids is 1. The van der Waals surface area contributed by atoms with Crippen molar-refractivity contribution in [3.8, 4) is 0 Å². The Balaban J connectivity index is 1.81. The topological polar surface area (TPSA) is 122 Å². The molecular formula is C15H19N3O5. The molecule has 1 saturated carbocycles. The SMILES string of the molecule is O=C(CCNc1ccccc1[N+](=O)[O-])N[C@H]1CCC[C@H]1C(=O)O. The molecule has 0 aliphatic heterocycles. The van der Waals surface area contributed by atoms with Crippen molar-refractivity contribution in [1.29, 1.82) is 0 Å². The average molecular weight is 321 g/mol. The quantitative estimate of drug-likeness (QED) is 0.519. The molecule has 8 heteroatoms. The summed E-state index contributed by atoms with van der Waals surface area (Å²) in [5.74, 6) is -1.66. The van der Waals surface area contributed by atoms with Crippen LogP contribution >= 0.6 is 0 Å². The van der Waals surface area contributed by atoms with Crippen LogP contribution in [-0.4, -0.2) is 34.5 Å². The van der Waals surface area contributed by atoms with Crippen molar-refractivity contribution >= 4 is 23.3 Å². The monoisotopic (exact) mass is 321 g/mol. The molecule has 0 spiro atoms. The predicted molar refractivity (Wildman–Crippen MR) is 83.1 cm³/mol. The van der Waals surface area contributed by atoms with E-state index in [2.05, 4.69) is 10.6 Å². The lowest BCUT2D eigenvalue weighted by molar-refractivity contribution is -0.384. The van der Waals surface area contributed by atoms with Crippen LogP contribution in [0.4, 0.5) is 11.4 Å². The van der Waals surface area contributed by atoms with E-state index in [0.717, 1.165) is 6.42 Å². The number of hydrogen-bond acceptors (Lipinski definition) is 5. The van der Waals surface area contributed by atoms with Crippen LogP contribution in [-0.2, 0) is 9.59 Å². The number of rotatable bonds is 7. The first kappa shape index (κ1) is 16.7. The summed E-state index contributed by atoms with van der Waals surface area (Å²) in [6, 6.07) is 5.88. The van der Waals surface area contributed by atoms with Crippen molar-refractivity contribution in [3.05, 3.63) is 34.4 Å². The van der Waals surface area contributed by atoms with E-state index in [1.807, 2.05) is 0 Å². The first-order valence-corrected chi connectivity index (χ1v) is 7.48. The lowest BCUT2D eigenvalue weighted by Gasteiger charge is -2.17. The summed E-state index contributed by atoms with van der Waals surface area (Å²) < 4.78 is 0. The molecule has 124 valence electrons. The molecule has 0 aromatic heterocycles. The third-order valence-corrected chi connectivity index (χ3v) is 3.95. The van der Waals surface area contributed by atoms with E-state index in [-0.39, 0.29) is 30.6 Å². The number of para-hydroxylation sites is 2. The number of hydrogen-bond donors (Lipinski definition) is 3. The largest absolute Gasteiger partial charge is 0.481 e. The van der Waals surface area contributed by atoms with Crippen molar-refractivity contribution in [1.82, 2.24) is 5.32 Å². The number of amides is 1. The van der Waals surface area contributed by atoms with E-state index in [0.29, 0.717) is 18.5 Å². The van der Waals surface area contributed by atoms with Crippen LogP contribution in [0.3, 0.4) is 0 Å². The fourth-order valence-electron chi connectivity index (χ4n) is 2.80. The van der Waals surface area contributed by atoms with Crippen molar-refractivity contribution in [2.24, 2.45) is 5.92 Å². The molecule has 2 atom stereocenters. The summed E-state index contributed by atoms with van der Waals surface area (Å²) in [7, 11) is 0. The number of carboxylic acids is 1. The van der Waals surface area contributed by atoms with Gasteiger partial charge in [0.05, 0.1) is 10.8 Å². The molecule has 0 bridgehead atoms. The smallest absolute Gasteiger partial charge is 0.308 e. The van der Waals surface area contributed by atoms with Gasteiger partial charge in [-0.05, 0) is 18.9 Å². The summed E-state index contributed by atoms with van der Waals surface area (Å²) in [6.07, 6.45) is 2.15. The molecule has 0 saturated heterocycles. The molecule has 2 rings (SSSR count). The maximum Gasteiger partial charge on any atom is 0.308 e. The van der Waals surface area contributed by atoms with E-state index < -0.39 is 16.8 Å². The summed E-state index contributed by atoms with van der Waals surface area (Å²) in [6.45, 7) is 0.237. The second-order valence-electron chi connectivity index (χ2n) is 5.50. The van der Waals surface area contributed by atoms with Gasteiger partial charge in [0.15, 0.2) is 0 Å². The van der Waals surface area contributed by atoms with Crippen LogP contribution in [0.1, 0.15) is 25.7 Å². The Bertz CT molecular complexity index is 605. The number of anilines is 1. The minimum atomic E-state index is -0.883. The Morgan fingerprint density at radius 2 is 2.04 bits per heavy atom. The Hall–Kier alpha value is -2.64. The van der Waals surface area contributed by atoms with Gasteiger partial charge in [-0.2, -0.15) is 0 Å². The second-order valence-corrected chi connectivity index (χ2v) is 5.50. The van der Waals surface area contributed by atoms with E-state index in [1.54, 1.807) is 18.2 Å². The van der Waals surface area contributed by atoms with Crippen LogP contribution in [0.2, 0.25) is 0 Å². The molecule has 0 heterocycles. The van der Waals surface area contributed by atoms with Gasteiger partial charge in [-0.15, -0.1) is 0 Å². The van der Waals surface area contributed by atoms with Gasteiger partial charge in [0.1, 0.15) is 5.69 Å². The molecule has 1 fully saturated rings. The van der Waals surface area contributed by atoms with Gasteiger partial charge in [-0.3, -0.25) is 19.7 Å². The van der Waals surface area contributed by atoms with Crippen LogP contribution < -0.4 is 10.6 Å². The first-order valence-electron chi connectivity index (χ1n) is 7.48. The maximum absolute atomic E-state index is 11.9. The van der Waals surface area contributed by atoms with Crippen LogP contribution in [0.15, 0.2) is 24.3 Å². The molecule has 1 amide bonds. The normalized spacial score (nSPS) is 20.0. The lowest BCUT2D eigenvalue weighted by Crippen LogP contribution is -2.40. The fourth-order valence-corrected chi connectivity index (χ4v) is 2.80. The third-order valence-electron chi connectivity index (χ3n) is 3.95.